The third kappa shape index (κ3) is 3.96. The fourth-order valence-corrected chi connectivity index (χ4v) is 2.97. The van der Waals surface area contributed by atoms with E-state index in [2.05, 4.69) is 20.0 Å². The lowest BCUT2D eigenvalue weighted by atomic mass is 10.4. The molecule has 0 radical (unpaired) electrons. The summed E-state index contributed by atoms with van der Waals surface area (Å²) in [5, 5.41) is 5.77. The lowest BCUT2D eigenvalue weighted by molar-refractivity contribution is -0.111. The van der Waals surface area contributed by atoms with Crippen molar-refractivity contribution in [2.75, 3.05) is 12.4 Å². The van der Waals surface area contributed by atoms with Gasteiger partial charge in [0.1, 0.15) is 4.88 Å². The maximum Gasteiger partial charge on any atom is 0.350 e. The predicted molar refractivity (Wildman–Crippen MR) is 82.7 cm³/mol. The number of rotatable bonds is 4. The van der Waals surface area contributed by atoms with Crippen LogP contribution in [0.3, 0.4) is 0 Å². The molecule has 0 aliphatic carbocycles. The zero-order valence-corrected chi connectivity index (χ0v) is 13.3. The second-order valence-corrected chi connectivity index (χ2v) is 6.10. The highest BCUT2D eigenvalue weighted by Crippen LogP contribution is 2.23. The lowest BCUT2D eigenvalue weighted by Gasteiger charge is -1.95. The molecule has 110 valence electrons. The van der Waals surface area contributed by atoms with Gasteiger partial charge in [0.25, 0.3) is 0 Å². The molecule has 8 heteroatoms. The topological polar surface area (TPSA) is 81.2 Å². The molecule has 2 aromatic heterocycles. The van der Waals surface area contributed by atoms with Crippen LogP contribution in [-0.2, 0) is 9.53 Å². The van der Waals surface area contributed by atoms with Gasteiger partial charge in [-0.2, -0.15) is 0 Å². The van der Waals surface area contributed by atoms with Gasteiger partial charge >= 0.3 is 5.97 Å². The van der Waals surface area contributed by atoms with Crippen LogP contribution in [-0.4, -0.2) is 29.0 Å². The number of amides is 1. The molecule has 0 aliphatic rings. The Morgan fingerprint density at radius 2 is 2.10 bits per heavy atom. The molecule has 21 heavy (non-hydrogen) atoms. The van der Waals surface area contributed by atoms with E-state index in [1.165, 1.54) is 24.5 Å². The average Bonchev–Trinajstić information content (AvgIpc) is 3.02. The number of aryl methyl sites for hydroxylation is 2. The Morgan fingerprint density at radius 3 is 2.71 bits per heavy atom. The summed E-state index contributed by atoms with van der Waals surface area (Å²) in [6, 6.07) is 0. The second kappa shape index (κ2) is 6.59. The first-order chi connectivity index (χ1) is 9.99. The molecule has 0 aliphatic heterocycles. The summed E-state index contributed by atoms with van der Waals surface area (Å²) in [5.74, 6) is -0.787. The molecular formula is C13H13N3O3S2. The van der Waals surface area contributed by atoms with E-state index in [1.807, 2.05) is 12.3 Å². The summed E-state index contributed by atoms with van der Waals surface area (Å²) in [7, 11) is 1.30. The van der Waals surface area contributed by atoms with Crippen LogP contribution in [0.2, 0.25) is 0 Å². The van der Waals surface area contributed by atoms with Gasteiger partial charge in [-0.15, -0.1) is 11.3 Å². The van der Waals surface area contributed by atoms with E-state index in [0.29, 0.717) is 15.7 Å². The van der Waals surface area contributed by atoms with Crippen LogP contribution in [0, 0.1) is 13.8 Å². The summed E-state index contributed by atoms with van der Waals surface area (Å²) in [6.07, 6.45) is 3.00. The molecular weight excluding hydrogens is 310 g/mol. The van der Waals surface area contributed by atoms with Crippen LogP contribution in [0.1, 0.15) is 26.1 Å². The highest BCUT2D eigenvalue weighted by molar-refractivity contribution is 7.17. The number of nitrogens with one attached hydrogen (secondary N) is 1. The summed E-state index contributed by atoms with van der Waals surface area (Å²) in [6.45, 7) is 3.58. The Hall–Kier alpha value is -2.06. The van der Waals surface area contributed by atoms with Gasteiger partial charge in [-0.05, 0) is 19.9 Å². The molecule has 0 aromatic carbocycles. The lowest BCUT2D eigenvalue weighted by Crippen LogP contribution is -2.07. The zero-order valence-electron chi connectivity index (χ0n) is 11.7. The van der Waals surface area contributed by atoms with E-state index in [0.717, 1.165) is 22.0 Å². The number of esters is 1. The standard InChI is InChI=1S/C13H13N3O3S2/c1-7-11(12(18)19-3)21-13(14-7)16-10(17)5-4-9-6-20-8(2)15-9/h4-6H,1-3H3,(H,14,16,17)/b5-4+. The van der Waals surface area contributed by atoms with Crippen molar-refractivity contribution in [3.63, 3.8) is 0 Å². The molecule has 0 atom stereocenters. The van der Waals surface area contributed by atoms with Gasteiger partial charge in [0.2, 0.25) is 5.91 Å². The van der Waals surface area contributed by atoms with Gasteiger partial charge in [0, 0.05) is 11.5 Å². The predicted octanol–water partition coefficient (Wildman–Crippen LogP) is 2.65. The van der Waals surface area contributed by atoms with Crippen LogP contribution in [0.25, 0.3) is 6.08 Å². The highest BCUT2D eigenvalue weighted by atomic mass is 32.1. The molecule has 2 rings (SSSR count). The average molecular weight is 323 g/mol. The molecule has 6 nitrogen and oxygen atoms in total. The number of anilines is 1. The minimum Gasteiger partial charge on any atom is -0.465 e. The maximum atomic E-state index is 11.8. The molecule has 1 N–H and O–H groups in total. The summed E-state index contributed by atoms with van der Waals surface area (Å²) in [4.78, 5) is 32.0. The summed E-state index contributed by atoms with van der Waals surface area (Å²) < 4.78 is 4.64. The van der Waals surface area contributed by atoms with Crippen LogP contribution in [0.5, 0.6) is 0 Å². The summed E-state index contributed by atoms with van der Waals surface area (Å²) in [5.41, 5.74) is 1.26. The van der Waals surface area contributed by atoms with Crippen LogP contribution in [0.15, 0.2) is 11.5 Å². The highest BCUT2D eigenvalue weighted by Gasteiger charge is 2.16. The van der Waals surface area contributed by atoms with Crippen molar-refractivity contribution in [3.05, 3.63) is 32.7 Å². The van der Waals surface area contributed by atoms with Gasteiger partial charge < -0.3 is 4.74 Å². The van der Waals surface area contributed by atoms with E-state index < -0.39 is 5.97 Å². The van der Waals surface area contributed by atoms with Gasteiger partial charge in [-0.3, -0.25) is 10.1 Å². The first-order valence-corrected chi connectivity index (χ1v) is 7.66. The van der Waals surface area contributed by atoms with E-state index in [1.54, 1.807) is 13.0 Å². The number of aromatic nitrogens is 2. The smallest absolute Gasteiger partial charge is 0.350 e. The Balaban J connectivity index is 2.03. The molecule has 2 heterocycles. The number of hydrogen-bond donors (Lipinski definition) is 1. The third-order valence-corrected chi connectivity index (χ3v) is 4.28. The van der Waals surface area contributed by atoms with Crippen LogP contribution < -0.4 is 5.32 Å². The first-order valence-electron chi connectivity index (χ1n) is 5.96. The second-order valence-electron chi connectivity index (χ2n) is 4.04. The van der Waals surface area contributed by atoms with Crippen molar-refractivity contribution < 1.29 is 14.3 Å². The number of carbonyl (C=O) groups excluding carboxylic acids is 2. The van der Waals surface area contributed by atoms with Crippen molar-refractivity contribution in [3.8, 4) is 0 Å². The monoisotopic (exact) mass is 323 g/mol. The number of ether oxygens (including phenoxy) is 1. The quantitative estimate of drug-likeness (QED) is 0.691. The maximum absolute atomic E-state index is 11.8. The van der Waals surface area contributed by atoms with Crippen molar-refractivity contribution in [1.82, 2.24) is 9.97 Å². The zero-order chi connectivity index (χ0) is 15.4. The first kappa shape index (κ1) is 15.3. The van der Waals surface area contributed by atoms with Crippen LogP contribution in [0.4, 0.5) is 5.13 Å². The van der Waals surface area contributed by atoms with Crippen LogP contribution >= 0.6 is 22.7 Å². The van der Waals surface area contributed by atoms with Gasteiger partial charge in [0.15, 0.2) is 5.13 Å². The Kier molecular flexibility index (Phi) is 4.81. The number of thiazole rings is 2. The van der Waals surface area contributed by atoms with E-state index in [4.69, 9.17) is 0 Å². The largest absolute Gasteiger partial charge is 0.465 e. The van der Waals surface area contributed by atoms with Crippen molar-refractivity contribution in [2.24, 2.45) is 0 Å². The summed E-state index contributed by atoms with van der Waals surface area (Å²) >= 11 is 2.60. The molecule has 1 amide bonds. The van der Waals surface area contributed by atoms with Crippen molar-refractivity contribution >= 4 is 45.8 Å². The van der Waals surface area contributed by atoms with Crippen molar-refractivity contribution in [2.45, 2.75) is 13.8 Å². The Labute approximate surface area is 129 Å². The van der Waals surface area contributed by atoms with E-state index in [9.17, 15) is 9.59 Å². The minimum absolute atomic E-state index is 0.328. The molecule has 0 fully saturated rings. The minimum atomic E-state index is -0.459. The Bertz CT molecular complexity index is 703. The number of carbonyl (C=O) groups is 2. The van der Waals surface area contributed by atoms with E-state index in [-0.39, 0.29) is 5.91 Å². The van der Waals surface area contributed by atoms with Gasteiger partial charge in [-0.25, -0.2) is 14.8 Å². The fourth-order valence-electron chi connectivity index (χ4n) is 1.50. The number of nitrogens with zero attached hydrogens (tertiary/aromatic N) is 2. The van der Waals surface area contributed by atoms with E-state index >= 15 is 0 Å². The third-order valence-electron chi connectivity index (χ3n) is 2.44. The molecule has 0 bridgehead atoms. The molecule has 0 spiro atoms. The van der Waals surface area contributed by atoms with Gasteiger partial charge in [0.05, 0.1) is 23.5 Å². The number of methoxy groups -OCH3 is 1. The van der Waals surface area contributed by atoms with Gasteiger partial charge in [-0.1, -0.05) is 11.3 Å². The SMILES string of the molecule is COC(=O)c1sc(NC(=O)/C=C/c2csc(C)n2)nc1C. The Morgan fingerprint density at radius 1 is 1.33 bits per heavy atom. The molecule has 2 aromatic rings. The normalized spacial score (nSPS) is 10.8. The van der Waals surface area contributed by atoms with Crippen molar-refractivity contribution in [1.29, 1.82) is 0 Å². The number of hydrogen-bond acceptors (Lipinski definition) is 7. The fraction of sp³-hybridized carbons (Fsp3) is 0.231. The molecule has 0 saturated heterocycles. The molecule has 0 unspecified atom stereocenters. The molecule has 0 saturated carbocycles.